The molecule has 3 N–H and O–H groups in total. The predicted molar refractivity (Wildman–Crippen MR) is 48.5 cm³/mol. The van der Waals surface area contributed by atoms with Crippen LogP contribution in [0, 0.1) is 0 Å². The molecule has 0 unspecified atom stereocenters. The predicted octanol–water partition coefficient (Wildman–Crippen LogP) is -0.900. The van der Waals surface area contributed by atoms with Crippen molar-refractivity contribution < 1.29 is 19.5 Å². The summed E-state index contributed by atoms with van der Waals surface area (Å²) in [5.74, 6) is -1.97. The third-order valence-corrected chi connectivity index (χ3v) is 1.54. The molecule has 0 aliphatic heterocycles. The van der Waals surface area contributed by atoms with Crippen molar-refractivity contribution in [3.8, 4) is 0 Å². The van der Waals surface area contributed by atoms with Crippen LogP contribution in [0.15, 0.2) is 0 Å². The molecule has 0 heterocycles. The number of carbonyl (C=O) groups excluding carboxylic acids is 2. The standard InChI is InChI=1S/C8H14N2O4/c1-4(9-6(3)11)7(12)10-5(2)8(13)14/h4-5H,1-3H3,(H,9,11)(H,10,12)(H,13,14)/t4-,5+/m1/s1. The number of aliphatic carboxylic acids is 1. The Morgan fingerprint density at radius 2 is 1.57 bits per heavy atom. The second-order valence-electron chi connectivity index (χ2n) is 2.99. The fourth-order valence-electron chi connectivity index (χ4n) is 0.771. The second-order valence-corrected chi connectivity index (χ2v) is 2.99. The first-order valence-electron chi connectivity index (χ1n) is 4.15. The summed E-state index contributed by atoms with van der Waals surface area (Å²) in [6, 6.07) is -1.69. The summed E-state index contributed by atoms with van der Waals surface area (Å²) in [5.41, 5.74) is 0. The van der Waals surface area contributed by atoms with E-state index < -0.39 is 24.0 Å². The maximum absolute atomic E-state index is 11.2. The smallest absolute Gasteiger partial charge is 0.325 e. The average molecular weight is 202 g/mol. The molecule has 0 aromatic heterocycles. The molecule has 0 spiro atoms. The number of amides is 2. The van der Waals surface area contributed by atoms with Gasteiger partial charge in [0.15, 0.2) is 0 Å². The van der Waals surface area contributed by atoms with E-state index in [-0.39, 0.29) is 5.91 Å². The Balaban J connectivity index is 4.07. The Kier molecular flexibility index (Phi) is 4.62. The van der Waals surface area contributed by atoms with Crippen LogP contribution in [0.1, 0.15) is 20.8 Å². The Labute approximate surface area is 81.7 Å². The lowest BCUT2D eigenvalue weighted by molar-refractivity contribution is -0.141. The lowest BCUT2D eigenvalue weighted by Crippen LogP contribution is -2.48. The Hall–Kier alpha value is -1.59. The van der Waals surface area contributed by atoms with Gasteiger partial charge in [0.1, 0.15) is 12.1 Å². The van der Waals surface area contributed by atoms with Gasteiger partial charge in [0.25, 0.3) is 0 Å². The van der Waals surface area contributed by atoms with Crippen molar-refractivity contribution >= 4 is 17.8 Å². The molecule has 0 saturated heterocycles. The highest BCUT2D eigenvalue weighted by Crippen LogP contribution is 1.86. The van der Waals surface area contributed by atoms with Crippen LogP contribution in [-0.2, 0) is 14.4 Å². The molecule has 0 radical (unpaired) electrons. The van der Waals surface area contributed by atoms with E-state index in [1.807, 2.05) is 0 Å². The number of rotatable bonds is 4. The first-order valence-corrected chi connectivity index (χ1v) is 4.15. The Morgan fingerprint density at radius 1 is 1.07 bits per heavy atom. The van der Waals surface area contributed by atoms with E-state index >= 15 is 0 Å². The molecule has 80 valence electrons. The highest BCUT2D eigenvalue weighted by atomic mass is 16.4. The van der Waals surface area contributed by atoms with Crippen LogP contribution in [0.3, 0.4) is 0 Å². The summed E-state index contributed by atoms with van der Waals surface area (Å²) in [6.07, 6.45) is 0. The van der Waals surface area contributed by atoms with E-state index in [0.29, 0.717) is 0 Å². The normalized spacial score (nSPS) is 13.9. The minimum atomic E-state index is -1.12. The second kappa shape index (κ2) is 5.21. The monoisotopic (exact) mass is 202 g/mol. The molecule has 0 aliphatic rings. The highest BCUT2D eigenvalue weighted by Gasteiger charge is 2.18. The van der Waals surface area contributed by atoms with E-state index in [4.69, 9.17) is 5.11 Å². The van der Waals surface area contributed by atoms with E-state index in [2.05, 4.69) is 10.6 Å². The van der Waals surface area contributed by atoms with Gasteiger partial charge in [-0.05, 0) is 13.8 Å². The van der Waals surface area contributed by atoms with Gasteiger partial charge >= 0.3 is 5.97 Å². The van der Waals surface area contributed by atoms with Crippen LogP contribution in [0.5, 0.6) is 0 Å². The van der Waals surface area contributed by atoms with Gasteiger partial charge in [0, 0.05) is 6.92 Å². The van der Waals surface area contributed by atoms with Crippen LogP contribution >= 0.6 is 0 Å². The lowest BCUT2D eigenvalue weighted by Gasteiger charge is -2.14. The number of carboxylic acids is 1. The maximum Gasteiger partial charge on any atom is 0.325 e. The molecule has 0 aromatic carbocycles. The SMILES string of the molecule is CC(=O)N[C@H](C)C(=O)N[C@@H](C)C(=O)O. The van der Waals surface area contributed by atoms with Crippen molar-refractivity contribution in [1.82, 2.24) is 10.6 Å². The zero-order valence-corrected chi connectivity index (χ0v) is 8.33. The molecule has 0 aliphatic carbocycles. The van der Waals surface area contributed by atoms with E-state index in [9.17, 15) is 14.4 Å². The lowest BCUT2D eigenvalue weighted by atomic mass is 10.2. The van der Waals surface area contributed by atoms with Crippen LogP contribution in [0.2, 0.25) is 0 Å². The van der Waals surface area contributed by atoms with Gasteiger partial charge in [-0.15, -0.1) is 0 Å². The molecule has 0 saturated carbocycles. The third kappa shape index (κ3) is 4.44. The average Bonchev–Trinajstić information content (AvgIpc) is 2.02. The molecular weight excluding hydrogens is 188 g/mol. The zero-order valence-electron chi connectivity index (χ0n) is 8.33. The molecular formula is C8H14N2O4. The Morgan fingerprint density at radius 3 is 1.93 bits per heavy atom. The molecule has 6 heteroatoms. The van der Waals surface area contributed by atoms with Crippen molar-refractivity contribution in [3.05, 3.63) is 0 Å². The number of hydrogen-bond donors (Lipinski definition) is 3. The number of nitrogens with one attached hydrogen (secondary N) is 2. The van der Waals surface area contributed by atoms with Crippen molar-refractivity contribution in [3.63, 3.8) is 0 Å². The van der Waals surface area contributed by atoms with Gasteiger partial charge in [0.2, 0.25) is 11.8 Å². The van der Waals surface area contributed by atoms with Gasteiger partial charge < -0.3 is 15.7 Å². The summed E-state index contributed by atoms with van der Waals surface area (Å²) < 4.78 is 0. The molecule has 2 amide bonds. The van der Waals surface area contributed by atoms with Crippen LogP contribution < -0.4 is 10.6 Å². The van der Waals surface area contributed by atoms with Gasteiger partial charge in [-0.25, -0.2) is 0 Å². The van der Waals surface area contributed by atoms with Gasteiger partial charge in [0.05, 0.1) is 0 Å². The van der Waals surface area contributed by atoms with Crippen LogP contribution in [0.25, 0.3) is 0 Å². The third-order valence-electron chi connectivity index (χ3n) is 1.54. The maximum atomic E-state index is 11.2. The van der Waals surface area contributed by atoms with Crippen molar-refractivity contribution in [1.29, 1.82) is 0 Å². The van der Waals surface area contributed by atoms with E-state index in [1.165, 1.54) is 20.8 Å². The van der Waals surface area contributed by atoms with Gasteiger partial charge in [-0.2, -0.15) is 0 Å². The van der Waals surface area contributed by atoms with Crippen LogP contribution in [-0.4, -0.2) is 35.0 Å². The largest absolute Gasteiger partial charge is 0.480 e. The van der Waals surface area contributed by atoms with Gasteiger partial charge in [-0.3, -0.25) is 14.4 Å². The molecule has 2 atom stereocenters. The summed E-state index contributed by atoms with van der Waals surface area (Å²) in [6.45, 7) is 4.11. The van der Waals surface area contributed by atoms with Gasteiger partial charge in [-0.1, -0.05) is 0 Å². The topological polar surface area (TPSA) is 95.5 Å². The van der Waals surface area contributed by atoms with E-state index in [1.54, 1.807) is 0 Å². The summed E-state index contributed by atoms with van der Waals surface area (Å²) in [5, 5.41) is 13.1. The van der Waals surface area contributed by atoms with Crippen molar-refractivity contribution in [2.45, 2.75) is 32.9 Å². The van der Waals surface area contributed by atoms with Crippen molar-refractivity contribution in [2.24, 2.45) is 0 Å². The fourth-order valence-corrected chi connectivity index (χ4v) is 0.771. The summed E-state index contributed by atoms with van der Waals surface area (Å²) in [7, 11) is 0. The minimum Gasteiger partial charge on any atom is -0.480 e. The molecule has 6 nitrogen and oxygen atoms in total. The van der Waals surface area contributed by atoms with Crippen LogP contribution in [0.4, 0.5) is 0 Å². The first kappa shape index (κ1) is 12.4. The number of hydrogen-bond acceptors (Lipinski definition) is 3. The number of carbonyl (C=O) groups is 3. The molecule has 14 heavy (non-hydrogen) atoms. The Bertz CT molecular complexity index is 252. The summed E-state index contributed by atoms with van der Waals surface area (Å²) in [4.78, 5) is 32.2. The quantitative estimate of drug-likeness (QED) is 0.550. The molecule has 0 aromatic rings. The fraction of sp³-hybridized carbons (Fsp3) is 0.625. The zero-order chi connectivity index (χ0) is 11.3. The van der Waals surface area contributed by atoms with Crippen molar-refractivity contribution in [2.75, 3.05) is 0 Å². The number of carboxylic acid groups (broad SMARTS) is 1. The minimum absolute atomic E-state index is 0.337. The summed E-state index contributed by atoms with van der Waals surface area (Å²) >= 11 is 0. The van der Waals surface area contributed by atoms with E-state index in [0.717, 1.165) is 0 Å². The molecule has 0 rings (SSSR count). The first-order chi connectivity index (χ1) is 6.34. The highest BCUT2D eigenvalue weighted by molar-refractivity contribution is 5.89. The molecule has 0 bridgehead atoms. The molecule has 0 fully saturated rings.